The summed E-state index contributed by atoms with van der Waals surface area (Å²) in [4.78, 5) is 13.0. The van der Waals surface area contributed by atoms with Gasteiger partial charge in [0.2, 0.25) is 6.10 Å². The zero-order valence-electron chi connectivity index (χ0n) is 15.4. The molecule has 1 unspecified atom stereocenters. The van der Waals surface area contributed by atoms with Gasteiger partial charge >= 0.3 is 0 Å². The largest absolute Gasteiger partial charge is 0.495 e. The van der Waals surface area contributed by atoms with Crippen LogP contribution in [0.25, 0.3) is 0 Å². The highest BCUT2D eigenvalue weighted by Crippen LogP contribution is 2.32. The lowest BCUT2D eigenvalue weighted by Gasteiger charge is -2.20. The summed E-state index contributed by atoms with van der Waals surface area (Å²) in [6, 6.07) is 20.6. The first-order valence-corrected chi connectivity index (χ1v) is 9.33. The molecule has 0 heterocycles. The van der Waals surface area contributed by atoms with E-state index in [2.05, 4.69) is 5.32 Å². The van der Waals surface area contributed by atoms with E-state index >= 15 is 0 Å². The van der Waals surface area contributed by atoms with Crippen LogP contribution in [0.2, 0.25) is 10.0 Å². The van der Waals surface area contributed by atoms with E-state index < -0.39 is 12.0 Å². The molecule has 0 aliphatic carbocycles. The summed E-state index contributed by atoms with van der Waals surface area (Å²) in [5.74, 6) is 0.394. The molecule has 0 spiro atoms. The summed E-state index contributed by atoms with van der Waals surface area (Å²) >= 11 is 12.4. The molecular formula is C22H16Cl2N2O3. The Hall–Kier alpha value is -3.20. The van der Waals surface area contributed by atoms with Crippen molar-refractivity contribution >= 4 is 34.8 Å². The third-order valence-electron chi connectivity index (χ3n) is 4.07. The van der Waals surface area contributed by atoms with E-state index in [1.807, 2.05) is 24.3 Å². The van der Waals surface area contributed by atoms with Gasteiger partial charge in [-0.3, -0.25) is 4.79 Å². The van der Waals surface area contributed by atoms with Crippen LogP contribution >= 0.6 is 23.2 Å². The Kier molecular flexibility index (Phi) is 6.61. The summed E-state index contributed by atoms with van der Waals surface area (Å²) < 4.78 is 11.1. The van der Waals surface area contributed by atoms with Gasteiger partial charge in [-0.15, -0.1) is 0 Å². The molecule has 5 nitrogen and oxygen atoms in total. The zero-order valence-corrected chi connectivity index (χ0v) is 16.9. The number of nitriles is 1. The lowest BCUT2D eigenvalue weighted by Crippen LogP contribution is -2.25. The van der Waals surface area contributed by atoms with Crippen LogP contribution < -0.4 is 14.8 Å². The van der Waals surface area contributed by atoms with E-state index in [0.29, 0.717) is 33.3 Å². The fourth-order valence-corrected chi connectivity index (χ4v) is 3.13. The third kappa shape index (κ3) is 5.00. The smallest absolute Gasteiger partial charge is 0.270 e. The highest BCUT2D eigenvalue weighted by molar-refractivity contribution is 6.32. The summed E-state index contributed by atoms with van der Waals surface area (Å²) in [6.07, 6.45) is -0.970. The number of hydrogen-bond donors (Lipinski definition) is 1. The van der Waals surface area contributed by atoms with Crippen LogP contribution in [0.3, 0.4) is 0 Å². The minimum absolute atomic E-state index is 0.241. The normalized spacial score (nSPS) is 11.2. The molecule has 29 heavy (non-hydrogen) atoms. The second-order valence-electron chi connectivity index (χ2n) is 6.00. The number of nitrogens with one attached hydrogen (secondary N) is 1. The molecule has 0 aromatic heterocycles. The van der Waals surface area contributed by atoms with Crippen molar-refractivity contribution in [3.63, 3.8) is 0 Å². The number of methoxy groups -OCH3 is 1. The number of carbonyl (C=O) groups is 1. The average molecular weight is 427 g/mol. The predicted octanol–water partition coefficient (Wildman–Crippen LogP) is 5.63. The Morgan fingerprint density at radius 2 is 1.69 bits per heavy atom. The van der Waals surface area contributed by atoms with E-state index in [0.717, 1.165) is 0 Å². The van der Waals surface area contributed by atoms with Gasteiger partial charge in [-0.25, -0.2) is 0 Å². The van der Waals surface area contributed by atoms with Crippen LogP contribution in [0.1, 0.15) is 17.2 Å². The fraction of sp³-hybridized carbons (Fsp3) is 0.0909. The first-order chi connectivity index (χ1) is 14.0. The Balaban J connectivity index is 1.89. The maximum Gasteiger partial charge on any atom is 0.270 e. The molecule has 0 fully saturated rings. The lowest BCUT2D eigenvalue weighted by molar-refractivity contribution is -0.123. The predicted molar refractivity (Wildman–Crippen MR) is 113 cm³/mol. The van der Waals surface area contributed by atoms with Crippen LogP contribution in [-0.2, 0) is 4.79 Å². The van der Waals surface area contributed by atoms with Crippen LogP contribution in [0.15, 0.2) is 66.7 Å². The molecule has 1 atom stereocenters. The van der Waals surface area contributed by atoms with Gasteiger partial charge in [0.05, 0.1) is 28.8 Å². The number of rotatable bonds is 6. The SMILES string of the molecule is COc1ccc(NC(=O)C(Oc2ccc(C#N)cc2Cl)c2ccccc2)cc1Cl. The second-order valence-corrected chi connectivity index (χ2v) is 6.82. The average Bonchev–Trinajstić information content (AvgIpc) is 2.73. The lowest BCUT2D eigenvalue weighted by atomic mass is 10.1. The first-order valence-electron chi connectivity index (χ1n) is 8.57. The Morgan fingerprint density at radius 1 is 1.00 bits per heavy atom. The highest BCUT2D eigenvalue weighted by Gasteiger charge is 2.24. The number of hydrogen-bond acceptors (Lipinski definition) is 4. The van der Waals surface area contributed by atoms with Crippen molar-refractivity contribution in [2.45, 2.75) is 6.10 Å². The standard InChI is InChI=1S/C22H16Cl2N2O3/c1-28-19-10-8-16(12-18(19)24)26-22(27)21(15-5-3-2-4-6-15)29-20-9-7-14(13-25)11-17(20)23/h2-12,21H,1H3,(H,26,27). The molecule has 3 aromatic carbocycles. The van der Waals surface area contributed by atoms with Crippen molar-refractivity contribution in [1.29, 1.82) is 5.26 Å². The maximum atomic E-state index is 13.0. The van der Waals surface area contributed by atoms with Crippen molar-refractivity contribution in [3.05, 3.63) is 87.9 Å². The number of nitrogens with zero attached hydrogens (tertiary/aromatic N) is 1. The van der Waals surface area contributed by atoms with Crippen LogP contribution in [0, 0.1) is 11.3 Å². The zero-order chi connectivity index (χ0) is 20.8. The summed E-state index contributed by atoms with van der Waals surface area (Å²) in [7, 11) is 1.51. The molecule has 0 saturated heterocycles. The van der Waals surface area contributed by atoms with Gasteiger partial charge in [-0.2, -0.15) is 5.26 Å². The molecule has 1 N–H and O–H groups in total. The molecule has 3 aromatic rings. The molecule has 0 aliphatic rings. The van der Waals surface area contributed by atoms with Gasteiger partial charge in [0.25, 0.3) is 5.91 Å². The Labute approximate surface area is 178 Å². The van der Waals surface area contributed by atoms with Gasteiger partial charge in [-0.1, -0.05) is 53.5 Å². The van der Waals surface area contributed by atoms with E-state index in [4.69, 9.17) is 37.9 Å². The molecule has 146 valence electrons. The first kappa shape index (κ1) is 20.5. The number of ether oxygens (including phenoxy) is 2. The van der Waals surface area contributed by atoms with Gasteiger partial charge in [-0.05, 0) is 36.4 Å². The van der Waals surface area contributed by atoms with Crippen LogP contribution in [-0.4, -0.2) is 13.0 Å². The van der Waals surface area contributed by atoms with Crippen molar-refractivity contribution in [2.75, 3.05) is 12.4 Å². The number of amides is 1. The molecule has 3 rings (SSSR count). The molecule has 7 heteroatoms. The summed E-state index contributed by atoms with van der Waals surface area (Å²) in [6.45, 7) is 0. The van der Waals surface area contributed by atoms with Gasteiger partial charge in [0, 0.05) is 11.3 Å². The van der Waals surface area contributed by atoms with Crippen molar-refractivity contribution in [1.82, 2.24) is 0 Å². The van der Waals surface area contributed by atoms with Crippen LogP contribution in [0.5, 0.6) is 11.5 Å². The number of benzene rings is 3. The molecule has 0 radical (unpaired) electrons. The Morgan fingerprint density at radius 3 is 2.31 bits per heavy atom. The van der Waals surface area contributed by atoms with Gasteiger partial charge in [0.1, 0.15) is 11.5 Å². The van der Waals surface area contributed by atoms with Crippen LogP contribution in [0.4, 0.5) is 5.69 Å². The molecule has 0 saturated carbocycles. The minimum Gasteiger partial charge on any atom is -0.495 e. The molecule has 0 bridgehead atoms. The van der Waals surface area contributed by atoms with Crippen molar-refractivity contribution in [3.8, 4) is 17.6 Å². The van der Waals surface area contributed by atoms with E-state index in [1.54, 1.807) is 42.5 Å². The minimum atomic E-state index is -0.970. The topological polar surface area (TPSA) is 71.3 Å². The molecule has 0 aliphatic heterocycles. The number of carbonyl (C=O) groups excluding carboxylic acids is 1. The van der Waals surface area contributed by atoms with Gasteiger partial charge < -0.3 is 14.8 Å². The summed E-state index contributed by atoms with van der Waals surface area (Å²) in [5.41, 5.74) is 1.54. The van der Waals surface area contributed by atoms with E-state index in [1.165, 1.54) is 13.2 Å². The van der Waals surface area contributed by atoms with Crippen molar-refractivity contribution in [2.24, 2.45) is 0 Å². The van der Waals surface area contributed by atoms with Gasteiger partial charge in [0.15, 0.2) is 0 Å². The fourth-order valence-electron chi connectivity index (χ4n) is 2.65. The highest BCUT2D eigenvalue weighted by atomic mass is 35.5. The third-order valence-corrected chi connectivity index (χ3v) is 4.66. The molecular weight excluding hydrogens is 411 g/mol. The number of anilines is 1. The second kappa shape index (κ2) is 9.33. The Bertz CT molecular complexity index is 1070. The van der Waals surface area contributed by atoms with E-state index in [9.17, 15) is 4.79 Å². The monoisotopic (exact) mass is 426 g/mol. The maximum absolute atomic E-state index is 13.0. The summed E-state index contributed by atoms with van der Waals surface area (Å²) in [5, 5.41) is 12.4. The number of halogens is 2. The van der Waals surface area contributed by atoms with E-state index in [-0.39, 0.29) is 5.02 Å². The quantitative estimate of drug-likeness (QED) is 0.553. The van der Waals surface area contributed by atoms with Crippen molar-refractivity contribution < 1.29 is 14.3 Å². The molecule has 1 amide bonds.